The Balaban J connectivity index is 1.70. The highest BCUT2D eigenvalue weighted by Crippen LogP contribution is 2.42. The molecule has 2 N–H and O–H groups in total. The van der Waals surface area contributed by atoms with Crippen LogP contribution in [0.25, 0.3) is 0 Å². The van der Waals surface area contributed by atoms with E-state index in [4.69, 9.17) is 4.74 Å². The lowest BCUT2D eigenvalue weighted by atomic mass is 9.74. The van der Waals surface area contributed by atoms with Crippen LogP contribution in [-0.2, 0) is 9.53 Å². The second-order valence-corrected chi connectivity index (χ2v) is 5.68. The number of carbonyl (C=O) groups excluding carboxylic acids is 1. The van der Waals surface area contributed by atoms with Crippen LogP contribution in [0.5, 0.6) is 0 Å². The molecule has 1 saturated heterocycles. The number of ether oxygens (including phenoxy) is 1. The highest BCUT2D eigenvalue weighted by Gasteiger charge is 2.42. The fourth-order valence-electron chi connectivity index (χ4n) is 2.73. The average Bonchev–Trinajstić information content (AvgIpc) is 2.24. The van der Waals surface area contributed by atoms with Crippen molar-refractivity contribution in [1.29, 1.82) is 0 Å². The molecule has 2 fully saturated rings. The quantitative estimate of drug-likeness (QED) is 0.776. The van der Waals surface area contributed by atoms with Crippen LogP contribution in [0.15, 0.2) is 0 Å². The van der Waals surface area contributed by atoms with E-state index in [2.05, 4.69) is 10.6 Å². The van der Waals surface area contributed by atoms with Gasteiger partial charge in [0.2, 0.25) is 5.91 Å². The maximum atomic E-state index is 11.5. The fourth-order valence-corrected chi connectivity index (χ4v) is 2.73. The molecule has 2 rings (SSSR count). The number of nitrogens with one attached hydrogen (secondary N) is 2. The first-order valence-corrected chi connectivity index (χ1v) is 6.76. The van der Waals surface area contributed by atoms with Crippen LogP contribution >= 0.6 is 0 Å². The summed E-state index contributed by atoms with van der Waals surface area (Å²) in [6.45, 7) is 5.23. The van der Waals surface area contributed by atoms with Crippen LogP contribution in [0.3, 0.4) is 0 Å². The summed E-state index contributed by atoms with van der Waals surface area (Å²) in [6, 6.07) is 0.666. The Kier molecular flexibility index (Phi) is 4.05. The van der Waals surface area contributed by atoms with Gasteiger partial charge in [-0.15, -0.1) is 0 Å². The maximum absolute atomic E-state index is 11.5. The molecule has 98 valence electrons. The van der Waals surface area contributed by atoms with E-state index in [1.54, 1.807) is 0 Å². The first-order chi connectivity index (χ1) is 8.10. The normalized spacial score (nSPS) is 26.9. The molecule has 1 aliphatic heterocycles. The van der Waals surface area contributed by atoms with Crippen molar-refractivity contribution < 1.29 is 9.53 Å². The number of hydrogen-bond donors (Lipinski definition) is 2. The predicted octanol–water partition coefficient (Wildman–Crippen LogP) is 1.20. The van der Waals surface area contributed by atoms with Crippen LogP contribution in [0.1, 0.15) is 46.0 Å². The van der Waals surface area contributed by atoms with Crippen LogP contribution in [0.4, 0.5) is 0 Å². The molecule has 1 atom stereocenters. The lowest BCUT2D eigenvalue weighted by molar-refractivity contribution is -0.137. The van der Waals surface area contributed by atoms with Crippen LogP contribution in [-0.4, -0.2) is 36.7 Å². The zero-order valence-corrected chi connectivity index (χ0v) is 10.9. The van der Waals surface area contributed by atoms with Gasteiger partial charge in [-0.3, -0.25) is 4.79 Å². The molecule has 1 spiro atoms. The van der Waals surface area contributed by atoms with Crippen molar-refractivity contribution in [2.24, 2.45) is 0 Å². The lowest BCUT2D eigenvalue weighted by Gasteiger charge is -2.47. The molecule has 0 aromatic carbocycles. The smallest absolute Gasteiger partial charge is 0.234 e. The third kappa shape index (κ3) is 3.42. The topological polar surface area (TPSA) is 50.4 Å². The van der Waals surface area contributed by atoms with E-state index in [0.29, 0.717) is 12.6 Å². The molecule has 0 radical (unpaired) electrons. The Morgan fingerprint density at radius 2 is 2.24 bits per heavy atom. The van der Waals surface area contributed by atoms with E-state index in [9.17, 15) is 4.79 Å². The number of amides is 1. The van der Waals surface area contributed by atoms with E-state index in [1.807, 2.05) is 13.8 Å². The summed E-state index contributed by atoms with van der Waals surface area (Å²) in [5.41, 5.74) is 0.157. The third-order valence-corrected chi connectivity index (χ3v) is 3.76. The van der Waals surface area contributed by atoms with Gasteiger partial charge in [-0.2, -0.15) is 0 Å². The van der Waals surface area contributed by atoms with Gasteiger partial charge in [0, 0.05) is 18.7 Å². The molecule has 4 nitrogen and oxygen atoms in total. The average molecular weight is 240 g/mol. The summed E-state index contributed by atoms with van der Waals surface area (Å²) in [7, 11) is 0. The Labute approximate surface area is 103 Å². The van der Waals surface area contributed by atoms with Crippen LogP contribution in [0, 0.1) is 0 Å². The van der Waals surface area contributed by atoms with Gasteiger partial charge in [0.25, 0.3) is 0 Å². The Morgan fingerprint density at radius 3 is 2.82 bits per heavy atom. The van der Waals surface area contributed by atoms with Gasteiger partial charge in [-0.25, -0.2) is 0 Å². The summed E-state index contributed by atoms with van der Waals surface area (Å²) in [5, 5.41) is 6.26. The Bertz CT molecular complexity index is 275. The van der Waals surface area contributed by atoms with Gasteiger partial charge in [-0.1, -0.05) is 0 Å². The monoisotopic (exact) mass is 240 g/mol. The highest BCUT2D eigenvalue weighted by atomic mass is 16.5. The van der Waals surface area contributed by atoms with Gasteiger partial charge in [-0.05, 0) is 46.0 Å². The first kappa shape index (κ1) is 12.8. The molecule has 1 amide bonds. The standard InChI is InChI=1S/C13H24N2O2/c1-10(2)15-12(16)9-14-11-4-7-17-13(8-11)5-3-6-13/h10-11,14H,3-9H2,1-2H3,(H,15,16). The molecule has 1 aliphatic carbocycles. The van der Waals surface area contributed by atoms with E-state index < -0.39 is 0 Å². The van der Waals surface area contributed by atoms with Gasteiger partial charge in [0.05, 0.1) is 12.1 Å². The lowest BCUT2D eigenvalue weighted by Crippen LogP contribution is -2.52. The van der Waals surface area contributed by atoms with E-state index in [1.165, 1.54) is 19.3 Å². The van der Waals surface area contributed by atoms with Crippen molar-refractivity contribution in [2.75, 3.05) is 13.2 Å². The maximum Gasteiger partial charge on any atom is 0.234 e. The Hall–Kier alpha value is -0.610. The minimum atomic E-state index is 0.0918. The number of carbonyl (C=O) groups is 1. The summed E-state index contributed by atoms with van der Waals surface area (Å²) >= 11 is 0. The second-order valence-electron chi connectivity index (χ2n) is 5.68. The zero-order chi connectivity index (χ0) is 12.3. The zero-order valence-electron chi connectivity index (χ0n) is 10.9. The molecule has 0 bridgehead atoms. The van der Waals surface area contributed by atoms with Crippen molar-refractivity contribution in [3.8, 4) is 0 Å². The van der Waals surface area contributed by atoms with Gasteiger partial charge >= 0.3 is 0 Å². The molecule has 0 aromatic rings. The predicted molar refractivity (Wildman–Crippen MR) is 66.8 cm³/mol. The minimum Gasteiger partial charge on any atom is -0.375 e. The highest BCUT2D eigenvalue weighted by molar-refractivity contribution is 5.78. The van der Waals surface area contributed by atoms with Crippen molar-refractivity contribution in [3.63, 3.8) is 0 Å². The Morgan fingerprint density at radius 1 is 1.47 bits per heavy atom. The molecular weight excluding hydrogens is 216 g/mol. The molecule has 17 heavy (non-hydrogen) atoms. The summed E-state index contributed by atoms with van der Waals surface area (Å²) < 4.78 is 5.86. The van der Waals surface area contributed by atoms with E-state index in [-0.39, 0.29) is 17.6 Å². The van der Waals surface area contributed by atoms with E-state index >= 15 is 0 Å². The molecule has 4 heteroatoms. The van der Waals surface area contributed by atoms with Crippen molar-refractivity contribution >= 4 is 5.91 Å². The van der Waals surface area contributed by atoms with Crippen LogP contribution in [0.2, 0.25) is 0 Å². The molecule has 1 heterocycles. The summed E-state index contributed by atoms with van der Waals surface area (Å²) in [4.78, 5) is 11.5. The molecular formula is C13H24N2O2. The van der Waals surface area contributed by atoms with Gasteiger partial charge in [0.15, 0.2) is 0 Å². The number of rotatable bonds is 4. The molecule has 0 aromatic heterocycles. The van der Waals surface area contributed by atoms with E-state index in [0.717, 1.165) is 19.4 Å². The van der Waals surface area contributed by atoms with Crippen LogP contribution < -0.4 is 10.6 Å². The number of hydrogen-bond acceptors (Lipinski definition) is 3. The SMILES string of the molecule is CC(C)NC(=O)CNC1CCOC2(CCC2)C1. The fraction of sp³-hybridized carbons (Fsp3) is 0.923. The first-order valence-electron chi connectivity index (χ1n) is 6.76. The van der Waals surface area contributed by atoms with Crippen molar-refractivity contribution in [3.05, 3.63) is 0 Å². The molecule has 1 saturated carbocycles. The third-order valence-electron chi connectivity index (χ3n) is 3.76. The van der Waals surface area contributed by atoms with Crippen molar-refractivity contribution in [2.45, 2.75) is 63.6 Å². The summed E-state index contributed by atoms with van der Waals surface area (Å²) in [6.07, 6.45) is 5.78. The second kappa shape index (κ2) is 5.36. The summed E-state index contributed by atoms with van der Waals surface area (Å²) in [5.74, 6) is 0.0918. The van der Waals surface area contributed by atoms with Crippen molar-refractivity contribution in [1.82, 2.24) is 10.6 Å². The van der Waals surface area contributed by atoms with Gasteiger partial charge < -0.3 is 15.4 Å². The van der Waals surface area contributed by atoms with Gasteiger partial charge in [0.1, 0.15) is 0 Å². The molecule has 1 unspecified atom stereocenters. The largest absolute Gasteiger partial charge is 0.375 e. The molecule has 2 aliphatic rings. The minimum absolute atomic E-state index is 0.0918.